The van der Waals surface area contributed by atoms with Crippen LogP contribution in [-0.2, 0) is 12.8 Å². The molecule has 0 saturated carbocycles. The molecule has 124 valence electrons. The highest BCUT2D eigenvalue weighted by Crippen LogP contribution is 2.40. The van der Waals surface area contributed by atoms with Crippen molar-refractivity contribution in [2.24, 2.45) is 11.3 Å². The number of hydrogen-bond acceptors (Lipinski definition) is 4. The number of fused-ring (bicyclic) bond motifs is 1. The molecule has 1 amide bonds. The summed E-state index contributed by atoms with van der Waals surface area (Å²) < 4.78 is 0. The SMILES string of the molecule is Cc1nc(NC(=O)c2csc3c2CCC(C(C)(C)C)C3)sc1C. The second-order valence-corrected chi connectivity index (χ2v) is 9.64. The minimum atomic E-state index is -0.00883. The highest BCUT2D eigenvalue weighted by Gasteiger charge is 2.31. The third-order valence-corrected chi connectivity index (χ3v) is 6.91. The zero-order chi connectivity index (χ0) is 16.8. The molecule has 5 heteroatoms. The Hall–Kier alpha value is -1.20. The van der Waals surface area contributed by atoms with Gasteiger partial charge < -0.3 is 0 Å². The van der Waals surface area contributed by atoms with Gasteiger partial charge in [0, 0.05) is 15.1 Å². The Morgan fingerprint density at radius 1 is 1.35 bits per heavy atom. The summed E-state index contributed by atoms with van der Waals surface area (Å²) in [5, 5.41) is 5.70. The van der Waals surface area contributed by atoms with Gasteiger partial charge in [0.15, 0.2) is 5.13 Å². The van der Waals surface area contributed by atoms with E-state index in [9.17, 15) is 4.79 Å². The highest BCUT2D eigenvalue weighted by molar-refractivity contribution is 7.15. The number of hydrogen-bond donors (Lipinski definition) is 1. The zero-order valence-corrected chi connectivity index (χ0v) is 16.1. The molecule has 0 aromatic carbocycles. The van der Waals surface area contributed by atoms with Gasteiger partial charge in [0.2, 0.25) is 0 Å². The molecule has 2 aromatic heterocycles. The number of aryl methyl sites for hydroxylation is 2. The van der Waals surface area contributed by atoms with Gasteiger partial charge in [0.1, 0.15) is 0 Å². The van der Waals surface area contributed by atoms with Crippen molar-refractivity contribution < 1.29 is 4.79 Å². The average Bonchev–Trinajstić information content (AvgIpc) is 3.01. The van der Waals surface area contributed by atoms with Crippen molar-refractivity contribution in [1.82, 2.24) is 4.98 Å². The number of anilines is 1. The summed E-state index contributed by atoms with van der Waals surface area (Å²) in [5.41, 5.74) is 3.44. The molecule has 0 saturated heterocycles. The van der Waals surface area contributed by atoms with E-state index in [-0.39, 0.29) is 5.91 Å². The fourth-order valence-electron chi connectivity index (χ4n) is 3.13. The fourth-order valence-corrected chi connectivity index (χ4v) is 5.10. The van der Waals surface area contributed by atoms with Crippen LogP contribution in [0.15, 0.2) is 5.38 Å². The Morgan fingerprint density at radius 2 is 2.09 bits per heavy atom. The van der Waals surface area contributed by atoms with Crippen molar-refractivity contribution in [3.8, 4) is 0 Å². The molecule has 1 unspecified atom stereocenters. The van der Waals surface area contributed by atoms with Gasteiger partial charge in [-0.15, -0.1) is 22.7 Å². The highest BCUT2D eigenvalue weighted by atomic mass is 32.1. The number of nitrogens with zero attached hydrogens (tertiary/aromatic N) is 1. The van der Waals surface area contributed by atoms with Gasteiger partial charge in [-0.2, -0.15) is 0 Å². The van der Waals surface area contributed by atoms with E-state index in [2.05, 4.69) is 31.1 Å². The predicted molar refractivity (Wildman–Crippen MR) is 98.8 cm³/mol. The maximum atomic E-state index is 12.6. The lowest BCUT2D eigenvalue weighted by molar-refractivity contribution is 0.102. The number of amides is 1. The van der Waals surface area contributed by atoms with Gasteiger partial charge in [-0.25, -0.2) is 4.98 Å². The number of carbonyl (C=O) groups excluding carboxylic acids is 1. The van der Waals surface area contributed by atoms with E-state index in [4.69, 9.17) is 0 Å². The first-order valence-electron chi connectivity index (χ1n) is 8.10. The molecule has 2 heterocycles. The van der Waals surface area contributed by atoms with Crippen LogP contribution < -0.4 is 5.32 Å². The van der Waals surface area contributed by atoms with Crippen LogP contribution in [0, 0.1) is 25.2 Å². The Labute approximate surface area is 146 Å². The molecule has 2 aromatic rings. The van der Waals surface area contributed by atoms with E-state index < -0.39 is 0 Å². The van der Waals surface area contributed by atoms with E-state index >= 15 is 0 Å². The van der Waals surface area contributed by atoms with Crippen LogP contribution in [0.3, 0.4) is 0 Å². The number of thiophene rings is 1. The first kappa shape index (κ1) is 16.7. The molecule has 1 N–H and O–H groups in total. The summed E-state index contributed by atoms with van der Waals surface area (Å²) in [6.07, 6.45) is 3.29. The van der Waals surface area contributed by atoms with Crippen LogP contribution in [0.5, 0.6) is 0 Å². The van der Waals surface area contributed by atoms with E-state index in [1.54, 1.807) is 22.7 Å². The molecule has 0 aliphatic heterocycles. The first-order chi connectivity index (χ1) is 10.8. The number of thiazole rings is 1. The van der Waals surface area contributed by atoms with Gasteiger partial charge in [0.25, 0.3) is 5.91 Å². The fraction of sp³-hybridized carbons (Fsp3) is 0.556. The molecule has 1 atom stereocenters. The lowest BCUT2D eigenvalue weighted by Crippen LogP contribution is -2.27. The number of rotatable bonds is 2. The predicted octanol–water partition coefficient (Wildman–Crippen LogP) is 5.22. The van der Waals surface area contributed by atoms with E-state index in [1.807, 2.05) is 19.2 Å². The van der Waals surface area contributed by atoms with Crippen molar-refractivity contribution in [2.45, 2.75) is 53.9 Å². The van der Waals surface area contributed by atoms with Crippen molar-refractivity contribution in [3.05, 3.63) is 32.0 Å². The summed E-state index contributed by atoms with van der Waals surface area (Å²) in [4.78, 5) is 19.6. The number of nitrogens with one attached hydrogen (secondary N) is 1. The summed E-state index contributed by atoms with van der Waals surface area (Å²) in [5.74, 6) is 0.694. The molecule has 3 rings (SSSR count). The molecular weight excluding hydrogens is 324 g/mol. The molecule has 0 fully saturated rings. The monoisotopic (exact) mass is 348 g/mol. The average molecular weight is 349 g/mol. The lowest BCUT2D eigenvalue weighted by Gasteiger charge is -2.34. The Kier molecular flexibility index (Phi) is 4.36. The van der Waals surface area contributed by atoms with Gasteiger partial charge in [0.05, 0.1) is 11.3 Å². The third kappa shape index (κ3) is 3.36. The van der Waals surface area contributed by atoms with Crippen molar-refractivity contribution >= 4 is 33.7 Å². The van der Waals surface area contributed by atoms with Gasteiger partial charge in [-0.3, -0.25) is 10.1 Å². The van der Waals surface area contributed by atoms with Gasteiger partial charge in [-0.1, -0.05) is 20.8 Å². The van der Waals surface area contributed by atoms with Crippen LogP contribution in [0.1, 0.15) is 58.6 Å². The molecule has 0 bridgehead atoms. The smallest absolute Gasteiger partial charge is 0.258 e. The normalized spacial score (nSPS) is 17.9. The molecule has 0 spiro atoms. The second-order valence-electron chi connectivity index (χ2n) is 7.47. The molecular formula is C18H24N2OS2. The van der Waals surface area contributed by atoms with E-state index in [0.29, 0.717) is 16.5 Å². The van der Waals surface area contributed by atoms with E-state index in [1.165, 1.54) is 16.9 Å². The topological polar surface area (TPSA) is 42.0 Å². The number of carbonyl (C=O) groups is 1. The quantitative estimate of drug-likeness (QED) is 0.808. The second kappa shape index (κ2) is 6.02. The van der Waals surface area contributed by atoms with Crippen LogP contribution in [-0.4, -0.2) is 10.9 Å². The van der Waals surface area contributed by atoms with E-state index in [0.717, 1.165) is 29.0 Å². The Bertz CT molecular complexity index is 717. The molecule has 0 radical (unpaired) electrons. The molecule has 1 aliphatic carbocycles. The van der Waals surface area contributed by atoms with Gasteiger partial charge in [-0.05, 0) is 50.0 Å². The Morgan fingerprint density at radius 3 is 2.70 bits per heavy atom. The summed E-state index contributed by atoms with van der Waals surface area (Å²) in [6, 6.07) is 0. The Balaban J connectivity index is 1.78. The minimum absolute atomic E-state index is 0.00883. The maximum Gasteiger partial charge on any atom is 0.258 e. The summed E-state index contributed by atoms with van der Waals surface area (Å²) in [6.45, 7) is 11.0. The molecule has 3 nitrogen and oxygen atoms in total. The lowest BCUT2D eigenvalue weighted by atomic mass is 9.72. The number of aromatic nitrogens is 1. The third-order valence-electron chi connectivity index (χ3n) is 4.87. The van der Waals surface area contributed by atoms with Gasteiger partial charge >= 0.3 is 0 Å². The molecule has 1 aliphatic rings. The van der Waals surface area contributed by atoms with Crippen molar-refractivity contribution in [2.75, 3.05) is 5.32 Å². The minimum Gasteiger partial charge on any atom is -0.298 e. The van der Waals surface area contributed by atoms with Crippen LogP contribution in [0.4, 0.5) is 5.13 Å². The summed E-state index contributed by atoms with van der Waals surface area (Å²) in [7, 11) is 0. The zero-order valence-electron chi connectivity index (χ0n) is 14.4. The molecule has 23 heavy (non-hydrogen) atoms. The largest absolute Gasteiger partial charge is 0.298 e. The van der Waals surface area contributed by atoms with Crippen LogP contribution >= 0.6 is 22.7 Å². The van der Waals surface area contributed by atoms with Crippen molar-refractivity contribution in [3.63, 3.8) is 0 Å². The summed E-state index contributed by atoms with van der Waals surface area (Å²) >= 11 is 3.28. The van der Waals surface area contributed by atoms with Crippen LogP contribution in [0.25, 0.3) is 0 Å². The maximum absolute atomic E-state index is 12.6. The first-order valence-corrected chi connectivity index (χ1v) is 9.80. The van der Waals surface area contributed by atoms with Crippen LogP contribution in [0.2, 0.25) is 0 Å². The standard InChI is InChI=1S/C18H24N2OS2/c1-10-11(2)23-17(19-10)20-16(21)14-9-22-15-8-12(18(3,4)5)6-7-13(14)15/h9,12H,6-8H2,1-5H3,(H,19,20,21). The van der Waals surface area contributed by atoms with Crippen molar-refractivity contribution in [1.29, 1.82) is 0 Å².